The van der Waals surface area contributed by atoms with E-state index in [1.807, 2.05) is 13.8 Å². The van der Waals surface area contributed by atoms with E-state index in [1.165, 1.54) is 25.8 Å². The number of ether oxygens (including phenoxy) is 2. The van der Waals surface area contributed by atoms with Gasteiger partial charge in [-0.1, -0.05) is 41.0 Å². The first kappa shape index (κ1) is 21.2. The van der Waals surface area contributed by atoms with E-state index in [2.05, 4.69) is 25.7 Å². The number of methoxy groups -OCH3 is 1. The summed E-state index contributed by atoms with van der Waals surface area (Å²) in [5.74, 6) is 0.875. The lowest BCUT2D eigenvalue weighted by atomic mass is 10.0. The third kappa shape index (κ3) is 15.8. The molecule has 0 aromatic carbocycles. The van der Waals surface area contributed by atoms with E-state index in [0.29, 0.717) is 0 Å². The fraction of sp³-hybridized carbons (Fsp3) is 1.00. The van der Waals surface area contributed by atoms with Gasteiger partial charge in [-0.15, -0.1) is 0 Å². The summed E-state index contributed by atoms with van der Waals surface area (Å²) in [7, 11) is 1.76. The average molecular weight is 275 g/mol. The molecule has 0 aromatic heterocycles. The maximum atomic E-state index is 5.16. The Morgan fingerprint density at radius 2 is 1.74 bits per heavy atom. The Balaban J connectivity index is 0. The third-order valence-electron chi connectivity index (χ3n) is 3.29. The van der Waals surface area contributed by atoms with Gasteiger partial charge in [0.15, 0.2) is 0 Å². The van der Waals surface area contributed by atoms with Crippen molar-refractivity contribution in [1.82, 2.24) is 4.90 Å². The Kier molecular flexibility index (Phi) is 19.9. The molecule has 3 nitrogen and oxygen atoms in total. The van der Waals surface area contributed by atoms with E-state index in [1.54, 1.807) is 7.11 Å². The van der Waals surface area contributed by atoms with Crippen LogP contribution in [-0.4, -0.2) is 51.5 Å². The van der Waals surface area contributed by atoms with Crippen molar-refractivity contribution in [3.05, 3.63) is 0 Å². The molecule has 0 spiro atoms. The Morgan fingerprint density at radius 3 is 2.11 bits per heavy atom. The van der Waals surface area contributed by atoms with Crippen LogP contribution in [0.15, 0.2) is 0 Å². The summed E-state index contributed by atoms with van der Waals surface area (Å²) >= 11 is 0. The van der Waals surface area contributed by atoms with Gasteiger partial charge in [0.1, 0.15) is 0 Å². The van der Waals surface area contributed by atoms with E-state index in [-0.39, 0.29) is 0 Å². The largest absolute Gasteiger partial charge is 0.385 e. The minimum absolute atomic E-state index is 0.875. The van der Waals surface area contributed by atoms with Crippen LogP contribution >= 0.6 is 0 Å². The van der Waals surface area contributed by atoms with E-state index in [4.69, 9.17) is 9.47 Å². The zero-order valence-corrected chi connectivity index (χ0v) is 14.2. The third-order valence-corrected chi connectivity index (χ3v) is 3.29. The normalized spacial score (nSPS) is 16.7. The van der Waals surface area contributed by atoms with Crippen LogP contribution in [-0.2, 0) is 9.47 Å². The molecule has 1 rings (SSSR count). The van der Waals surface area contributed by atoms with Crippen molar-refractivity contribution in [2.45, 2.75) is 53.9 Å². The summed E-state index contributed by atoms with van der Waals surface area (Å²) in [6.45, 7) is 16.9. The van der Waals surface area contributed by atoms with Crippen molar-refractivity contribution >= 4 is 0 Å². The van der Waals surface area contributed by atoms with Crippen molar-refractivity contribution in [3.63, 3.8) is 0 Å². The molecular formula is C16H37NO2. The molecule has 0 amide bonds. The summed E-state index contributed by atoms with van der Waals surface area (Å²) in [6.07, 6.45) is 3.82. The number of hydrogen-bond acceptors (Lipinski definition) is 3. The first-order valence-electron chi connectivity index (χ1n) is 8.03. The fourth-order valence-corrected chi connectivity index (χ4v) is 1.70. The number of nitrogens with zero attached hydrogens (tertiary/aromatic N) is 1. The van der Waals surface area contributed by atoms with Crippen molar-refractivity contribution < 1.29 is 9.47 Å². The molecule has 1 fully saturated rings. The molecule has 0 aromatic rings. The lowest BCUT2D eigenvalue weighted by molar-refractivity contribution is 0.0405. The molecule has 1 aliphatic heterocycles. The lowest BCUT2D eigenvalue weighted by Crippen LogP contribution is -2.35. The SMILES string of the molecule is CC.CCC(C)CCCOC.CCN1CCOCC1. The van der Waals surface area contributed by atoms with Gasteiger partial charge < -0.3 is 9.47 Å². The molecule has 118 valence electrons. The highest BCUT2D eigenvalue weighted by molar-refractivity contribution is 4.57. The molecule has 19 heavy (non-hydrogen) atoms. The fourth-order valence-electron chi connectivity index (χ4n) is 1.70. The lowest BCUT2D eigenvalue weighted by Gasteiger charge is -2.24. The van der Waals surface area contributed by atoms with Crippen LogP contribution < -0.4 is 0 Å². The zero-order chi connectivity index (χ0) is 14.9. The van der Waals surface area contributed by atoms with Crippen LogP contribution in [0, 0.1) is 5.92 Å². The Morgan fingerprint density at radius 1 is 1.16 bits per heavy atom. The molecular weight excluding hydrogens is 238 g/mol. The molecule has 0 N–H and O–H groups in total. The van der Waals surface area contributed by atoms with Gasteiger partial charge in [0, 0.05) is 26.8 Å². The number of hydrogen-bond donors (Lipinski definition) is 0. The average Bonchev–Trinajstić information content (AvgIpc) is 2.51. The Labute approximate surface area is 121 Å². The summed E-state index contributed by atoms with van der Waals surface area (Å²) < 4.78 is 10.1. The molecule has 1 aliphatic rings. The van der Waals surface area contributed by atoms with Gasteiger partial charge >= 0.3 is 0 Å². The van der Waals surface area contributed by atoms with Crippen LogP contribution in [0.1, 0.15) is 53.9 Å². The van der Waals surface area contributed by atoms with Gasteiger partial charge in [0.25, 0.3) is 0 Å². The molecule has 3 heteroatoms. The number of morpholine rings is 1. The number of rotatable bonds is 6. The van der Waals surface area contributed by atoms with E-state index < -0.39 is 0 Å². The van der Waals surface area contributed by atoms with Gasteiger partial charge in [-0.05, 0) is 25.3 Å². The molecule has 0 bridgehead atoms. The monoisotopic (exact) mass is 275 g/mol. The standard InChI is InChI=1S/C8H18O.C6H13NO.C2H6/c1-4-8(2)6-5-7-9-3;1-2-7-3-5-8-6-4-7;1-2/h8H,4-7H2,1-3H3;2-6H2,1H3;1-2H3. The van der Waals surface area contributed by atoms with E-state index in [0.717, 1.165) is 38.8 Å². The first-order valence-corrected chi connectivity index (χ1v) is 8.03. The Hall–Kier alpha value is -0.120. The highest BCUT2D eigenvalue weighted by Crippen LogP contribution is 2.08. The van der Waals surface area contributed by atoms with Gasteiger partial charge in [0.05, 0.1) is 13.2 Å². The van der Waals surface area contributed by atoms with E-state index >= 15 is 0 Å². The summed E-state index contributed by atoms with van der Waals surface area (Å²) in [5.41, 5.74) is 0. The second-order valence-electron chi connectivity index (χ2n) is 4.70. The van der Waals surface area contributed by atoms with Crippen molar-refractivity contribution in [2.75, 3.05) is 46.6 Å². The molecule has 0 radical (unpaired) electrons. The predicted molar refractivity (Wildman–Crippen MR) is 84.8 cm³/mol. The van der Waals surface area contributed by atoms with Gasteiger partial charge in [0.2, 0.25) is 0 Å². The highest BCUT2D eigenvalue weighted by Gasteiger charge is 2.05. The second kappa shape index (κ2) is 17.9. The van der Waals surface area contributed by atoms with Crippen LogP contribution in [0.4, 0.5) is 0 Å². The van der Waals surface area contributed by atoms with Crippen LogP contribution in [0.5, 0.6) is 0 Å². The van der Waals surface area contributed by atoms with Crippen molar-refractivity contribution in [1.29, 1.82) is 0 Å². The summed E-state index contributed by atoms with van der Waals surface area (Å²) in [4.78, 5) is 2.39. The maximum Gasteiger partial charge on any atom is 0.0594 e. The van der Waals surface area contributed by atoms with Crippen LogP contribution in [0.25, 0.3) is 0 Å². The van der Waals surface area contributed by atoms with Crippen LogP contribution in [0.2, 0.25) is 0 Å². The van der Waals surface area contributed by atoms with Crippen LogP contribution in [0.3, 0.4) is 0 Å². The second-order valence-corrected chi connectivity index (χ2v) is 4.70. The minimum Gasteiger partial charge on any atom is -0.385 e. The smallest absolute Gasteiger partial charge is 0.0594 e. The molecule has 1 saturated heterocycles. The van der Waals surface area contributed by atoms with Gasteiger partial charge in [-0.2, -0.15) is 0 Å². The first-order chi connectivity index (χ1) is 9.24. The molecule has 1 atom stereocenters. The van der Waals surface area contributed by atoms with Gasteiger partial charge in [-0.3, -0.25) is 4.90 Å². The topological polar surface area (TPSA) is 21.7 Å². The van der Waals surface area contributed by atoms with Crippen molar-refractivity contribution in [2.24, 2.45) is 5.92 Å². The molecule has 0 aliphatic carbocycles. The van der Waals surface area contributed by atoms with E-state index in [9.17, 15) is 0 Å². The maximum absolute atomic E-state index is 5.16. The zero-order valence-electron chi connectivity index (χ0n) is 14.2. The molecule has 1 unspecified atom stereocenters. The molecule has 0 saturated carbocycles. The molecule has 1 heterocycles. The highest BCUT2D eigenvalue weighted by atomic mass is 16.5. The number of likely N-dealkylation sites (N-methyl/N-ethyl adjacent to an activating group) is 1. The Bertz CT molecular complexity index is 148. The minimum atomic E-state index is 0.875. The van der Waals surface area contributed by atoms with Gasteiger partial charge in [-0.25, -0.2) is 0 Å². The summed E-state index contributed by atoms with van der Waals surface area (Å²) in [6, 6.07) is 0. The summed E-state index contributed by atoms with van der Waals surface area (Å²) in [5, 5.41) is 0. The predicted octanol–water partition coefficient (Wildman–Crippen LogP) is 3.82. The quantitative estimate of drug-likeness (QED) is 0.688. The van der Waals surface area contributed by atoms with Crippen molar-refractivity contribution in [3.8, 4) is 0 Å².